The molecule has 68 valence electrons. The van der Waals surface area contributed by atoms with Gasteiger partial charge in [0.2, 0.25) is 0 Å². The van der Waals surface area contributed by atoms with Crippen LogP contribution < -0.4 is 0 Å². The minimum atomic E-state index is -0.247. The van der Waals surface area contributed by atoms with Gasteiger partial charge in [-0.15, -0.1) is 0 Å². The summed E-state index contributed by atoms with van der Waals surface area (Å²) < 4.78 is 4.63. The summed E-state index contributed by atoms with van der Waals surface area (Å²) >= 11 is 0. The third-order valence-electron chi connectivity index (χ3n) is 1.70. The van der Waals surface area contributed by atoms with E-state index in [-0.39, 0.29) is 11.9 Å². The molecule has 0 radical (unpaired) electrons. The van der Waals surface area contributed by atoms with Crippen molar-refractivity contribution in [3.05, 3.63) is 23.8 Å². The molecule has 0 aromatic heterocycles. The smallest absolute Gasteiger partial charge is 0.333 e. The topological polar surface area (TPSA) is 26.3 Å². The number of carbonyl (C=O) groups excluding carboxylic acids is 1. The van der Waals surface area contributed by atoms with Gasteiger partial charge in [-0.1, -0.05) is 25.2 Å². The first-order valence-electron chi connectivity index (χ1n) is 4.04. The molecule has 1 unspecified atom stereocenters. The Morgan fingerprint density at radius 1 is 1.42 bits per heavy atom. The molecule has 0 spiro atoms. The van der Waals surface area contributed by atoms with Gasteiger partial charge in [-0.2, -0.15) is 0 Å². The fraction of sp³-hybridized carbons (Fsp3) is 0.500. The molecule has 2 nitrogen and oxygen atoms in total. The van der Waals surface area contributed by atoms with Crippen LogP contribution in [-0.4, -0.2) is 13.1 Å². The lowest BCUT2D eigenvalue weighted by Crippen LogP contribution is -2.10. The number of esters is 1. The molecule has 0 aliphatic carbocycles. The lowest BCUT2D eigenvalue weighted by atomic mass is 10.0. The molecule has 0 aliphatic rings. The Kier molecular flexibility index (Phi) is 5.09. The van der Waals surface area contributed by atoms with Gasteiger partial charge in [0.05, 0.1) is 7.11 Å². The zero-order valence-corrected chi connectivity index (χ0v) is 8.13. The molecule has 0 aliphatic heterocycles. The average molecular weight is 168 g/mol. The first-order valence-corrected chi connectivity index (χ1v) is 4.04. The van der Waals surface area contributed by atoms with Gasteiger partial charge in [0.25, 0.3) is 0 Å². The van der Waals surface area contributed by atoms with Crippen molar-refractivity contribution in [3.63, 3.8) is 0 Å². The van der Waals surface area contributed by atoms with Gasteiger partial charge >= 0.3 is 5.97 Å². The second-order valence-corrected chi connectivity index (χ2v) is 2.55. The summed E-state index contributed by atoms with van der Waals surface area (Å²) in [6, 6.07) is 0. The number of hydrogen-bond acceptors (Lipinski definition) is 2. The standard InChI is InChI=1S/C10H16O2/c1-5-7-8(3)9(6-2)10(11)12-4/h5-8H,1-4H3. The molecule has 0 aromatic rings. The molecular formula is C10H16O2. The first-order chi connectivity index (χ1) is 5.67. The monoisotopic (exact) mass is 168 g/mol. The molecule has 12 heavy (non-hydrogen) atoms. The van der Waals surface area contributed by atoms with E-state index in [0.717, 1.165) is 0 Å². The Hall–Kier alpha value is -1.05. The summed E-state index contributed by atoms with van der Waals surface area (Å²) in [6.45, 7) is 5.74. The molecule has 0 amide bonds. The van der Waals surface area contributed by atoms with Crippen molar-refractivity contribution in [3.8, 4) is 0 Å². The molecule has 1 atom stereocenters. The van der Waals surface area contributed by atoms with Crippen molar-refractivity contribution in [1.82, 2.24) is 0 Å². The fourth-order valence-corrected chi connectivity index (χ4v) is 1.08. The molecule has 2 heteroatoms. The summed E-state index contributed by atoms with van der Waals surface area (Å²) in [7, 11) is 1.40. The van der Waals surface area contributed by atoms with Crippen molar-refractivity contribution >= 4 is 5.97 Å². The van der Waals surface area contributed by atoms with E-state index in [0.29, 0.717) is 5.57 Å². The Bertz CT molecular complexity index is 202. The lowest BCUT2D eigenvalue weighted by molar-refractivity contribution is -0.136. The quantitative estimate of drug-likeness (QED) is 0.367. The number of ether oxygens (including phenoxy) is 1. The van der Waals surface area contributed by atoms with Gasteiger partial charge in [-0.3, -0.25) is 0 Å². The Labute approximate surface area is 73.9 Å². The van der Waals surface area contributed by atoms with Crippen molar-refractivity contribution in [2.75, 3.05) is 7.11 Å². The third-order valence-corrected chi connectivity index (χ3v) is 1.70. The van der Waals surface area contributed by atoms with Crippen molar-refractivity contribution < 1.29 is 9.53 Å². The minimum Gasteiger partial charge on any atom is -0.466 e. The number of carbonyl (C=O) groups is 1. The van der Waals surface area contributed by atoms with Crippen LogP contribution in [-0.2, 0) is 9.53 Å². The van der Waals surface area contributed by atoms with E-state index in [4.69, 9.17) is 0 Å². The van der Waals surface area contributed by atoms with Gasteiger partial charge in [0.15, 0.2) is 0 Å². The maximum atomic E-state index is 11.1. The molecule has 0 saturated heterocycles. The summed E-state index contributed by atoms with van der Waals surface area (Å²) in [6.07, 6.45) is 5.68. The van der Waals surface area contributed by atoms with E-state index in [1.165, 1.54) is 7.11 Å². The Morgan fingerprint density at radius 3 is 2.33 bits per heavy atom. The predicted octanol–water partition coefficient (Wildman–Crippen LogP) is 2.32. The van der Waals surface area contributed by atoms with Crippen molar-refractivity contribution in [1.29, 1.82) is 0 Å². The number of allylic oxidation sites excluding steroid dienone is 3. The summed E-state index contributed by atoms with van der Waals surface area (Å²) in [5.74, 6) is -0.115. The maximum Gasteiger partial charge on any atom is 0.333 e. The highest BCUT2D eigenvalue weighted by molar-refractivity contribution is 5.89. The molecular weight excluding hydrogens is 152 g/mol. The highest BCUT2D eigenvalue weighted by Gasteiger charge is 2.13. The average Bonchev–Trinajstić information content (AvgIpc) is 2.06. The summed E-state index contributed by atoms with van der Waals surface area (Å²) in [5, 5.41) is 0. The molecule has 0 bridgehead atoms. The predicted molar refractivity (Wildman–Crippen MR) is 49.8 cm³/mol. The highest BCUT2D eigenvalue weighted by atomic mass is 16.5. The van der Waals surface area contributed by atoms with Crippen LogP contribution in [0.4, 0.5) is 0 Å². The van der Waals surface area contributed by atoms with E-state index in [2.05, 4.69) is 4.74 Å². The minimum absolute atomic E-state index is 0.132. The van der Waals surface area contributed by atoms with Crippen LogP contribution >= 0.6 is 0 Å². The van der Waals surface area contributed by atoms with E-state index in [1.807, 2.05) is 32.9 Å². The normalized spacial score (nSPS) is 14.8. The fourth-order valence-electron chi connectivity index (χ4n) is 1.08. The molecule has 0 aromatic carbocycles. The van der Waals surface area contributed by atoms with Crippen LogP contribution in [0, 0.1) is 5.92 Å². The number of methoxy groups -OCH3 is 1. The Balaban J connectivity index is 4.47. The SMILES string of the molecule is CC=CC(C)C(=CC)C(=O)OC. The second kappa shape index (κ2) is 5.58. The van der Waals surface area contributed by atoms with Crippen LogP contribution in [0.3, 0.4) is 0 Å². The van der Waals surface area contributed by atoms with Gasteiger partial charge in [-0.25, -0.2) is 4.79 Å². The summed E-state index contributed by atoms with van der Waals surface area (Å²) in [4.78, 5) is 11.1. The van der Waals surface area contributed by atoms with Gasteiger partial charge in [0.1, 0.15) is 0 Å². The number of hydrogen-bond donors (Lipinski definition) is 0. The molecule has 0 N–H and O–H groups in total. The molecule has 0 rings (SSSR count). The van der Waals surface area contributed by atoms with E-state index >= 15 is 0 Å². The lowest BCUT2D eigenvalue weighted by Gasteiger charge is -2.08. The highest BCUT2D eigenvalue weighted by Crippen LogP contribution is 2.13. The largest absolute Gasteiger partial charge is 0.466 e. The zero-order chi connectivity index (χ0) is 9.56. The maximum absolute atomic E-state index is 11.1. The van der Waals surface area contributed by atoms with Gasteiger partial charge in [-0.05, 0) is 13.8 Å². The second-order valence-electron chi connectivity index (χ2n) is 2.55. The van der Waals surface area contributed by atoms with Gasteiger partial charge < -0.3 is 4.74 Å². The third kappa shape index (κ3) is 2.91. The van der Waals surface area contributed by atoms with Crippen LogP contribution in [0.1, 0.15) is 20.8 Å². The van der Waals surface area contributed by atoms with E-state index in [1.54, 1.807) is 6.08 Å². The molecule has 0 saturated carbocycles. The van der Waals surface area contributed by atoms with E-state index < -0.39 is 0 Å². The van der Waals surface area contributed by atoms with Crippen LogP contribution in [0.5, 0.6) is 0 Å². The van der Waals surface area contributed by atoms with Crippen LogP contribution in [0.2, 0.25) is 0 Å². The van der Waals surface area contributed by atoms with Gasteiger partial charge in [0, 0.05) is 11.5 Å². The van der Waals surface area contributed by atoms with E-state index in [9.17, 15) is 4.79 Å². The van der Waals surface area contributed by atoms with Crippen LogP contribution in [0.25, 0.3) is 0 Å². The molecule has 0 heterocycles. The Morgan fingerprint density at radius 2 is 2.00 bits per heavy atom. The molecule has 0 fully saturated rings. The van der Waals surface area contributed by atoms with Crippen LogP contribution in [0.15, 0.2) is 23.8 Å². The number of rotatable bonds is 3. The van der Waals surface area contributed by atoms with Crippen molar-refractivity contribution in [2.24, 2.45) is 5.92 Å². The first kappa shape index (κ1) is 11.0. The van der Waals surface area contributed by atoms with Crippen molar-refractivity contribution in [2.45, 2.75) is 20.8 Å². The zero-order valence-electron chi connectivity index (χ0n) is 8.13. The summed E-state index contributed by atoms with van der Waals surface area (Å²) in [5.41, 5.74) is 0.704.